The van der Waals surface area contributed by atoms with Gasteiger partial charge < -0.3 is 20.0 Å². The molecule has 4 rings (SSSR count). The van der Waals surface area contributed by atoms with Crippen molar-refractivity contribution in [2.75, 3.05) is 32.7 Å². The van der Waals surface area contributed by atoms with Gasteiger partial charge in [0.1, 0.15) is 0 Å². The van der Waals surface area contributed by atoms with E-state index in [-0.39, 0.29) is 11.5 Å². The summed E-state index contributed by atoms with van der Waals surface area (Å²) in [6.07, 6.45) is -0.412. The van der Waals surface area contributed by atoms with E-state index in [1.807, 2.05) is 4.90 Å². The molecule has 0 bridgehead atoms. The van der Waals surface area contributed by atoms with Crippen LogP contribution in [-0.2, 0) is 6.18 Å². The van der Waals surface area contributed by atoms with Crippen LogP contribution in [0.3, 0.4) is 0 Å². The van der Waals surface area contributed by atoms with Crippen LogP contribution in [0.4, 0.5) is 22.0 Å². The lowest BCUT2D eigenvalue weighted by Gasteiger charge is -2.43. The highest BCUT2D eigenvalue weighted by molar-refractivity contribution is 6.04. The molecule has 2 aliphatic heterocycles. The molecule has 1 atom stereocenters. The molecule has 2 heterocycles. The molecule has 10 heteroatoms. The smallest absolute Gasteiger partial charge is 0.389 e. The highest BCUT2D eigenvalue weighted by atomic mass is 19.4. The third-order valence-corrected chi connectivity index (χ3v) is 7.65. The van der Waals surface area contributed by atoms with Gasteiger partial charge in [0, 0.05) is 37.5 Å². The Morgan fingerprint density at radius 1 is 1.00 bits per heavy atom. The number of β-amino-alcohol motifs (C(OH)–C–C–N with tert-alkyl or cyclic N) is 1. The summed E-state index contributed by atoms with van der Waals surface area (Å²) in [7, 11) is 0. The number of hydrogen-bond acceptors (Lipinski definition) is 5. The van der Waals surface area contributed by atoms with E-state index in [2.05, 4.69) is 4.90 Å². The maximum atomic E-state index is 13.4. The fraction of sp³-hybridized carbons (Fsp3) is 0.464. The zero-order valence-electron chi connectivity index (χ0n) is 20.8. The average Bonchev–Trinajstić information content (AvgIpc) is 2.90. The molecule has 2 aromatic rings. The molecule has 1 unspecified atom stereocenters. The fourth-order valence-corrected chi connectivity index (χ4v) is 5.12. The van der Waals surface area contributed by atoms with Crippen LogP contribution in [0.25, 0.3) is 0 Å². The first kappa shape index (κ1) is 28.2. The molecule has 2 N–H and O–H groups in total. The molecular formula is C28H31F5N2O3. The van der Waals surface area contributed by atoms with Crippen LogP contribution < -0.4 is 0 Å². The van der Waals surface area contributed by atoms with Crippen molar-refractivity contribution in [1.82, 2.24) is 9.80 Å². The van der Waals surface area contributed by atoms with Gasteiger partial charge in [0.2, 0.25) is 0 Å². The van der Waals surface area contributed by atoms with Crippen LogP contribution in [0.1, 0.15) is 53.1 Å². The van der Waals surface area contributed by atoms with E-state index in [9.17, 15) is 37.0 Å². The van der Waals surface area contributed by atoms with E-state index >= 15 is 0 Å². The number of halogens is 5. The number of alkyl halides is 3. The molecular weight excluding hydrogens is 507 g/mol. The van der Waals surface area contributed by atoms with Gasteiger partial charge in [-0.2, -0.15) is 13.2 Å². The van der Waals surface area contributed by atoms with Crippen LogP contribution >= 0.6 is 0 Å². The van der Waals surface area contributed by atoms with Gasteiger partial charge in [-0.25, -0.2) is 8.78 Å². The summed E-state index contributed by atoms with van der Waals surface area (Å²) in [5.74, 6) is -2.43. The molecule has 2 aromatic carbocycles. The van der Waals surface area contributed by atoms with Crippen molar-refractivity contribution in [2.24, 2.45) is 0 Å². The molecule has 0 aromatic heterocycles. The maximum absolute atomic E-state index is 13.4. The van der Waals surface area contributed by atoms with Gasteiger partial charge in [0.15, 0.2) is 17.4 Å². The highest BCUT2D eigenvalue weighted by Gasteiger charge is 2.39. The van der Waals surface area contributed by atoms with Crippen molar-refractivity contribution >= 4 is 5.78 Å². The third kappa shape index (κ3) is 6.78. The number of aliphatic hydroxyl groups is 2. The van der Waals surface area contributed by atoms with Crippen LogP contribution in [0, 0.1) is 11.6 Å². The Hall–Kier alpha value is -2.82. The van der Waals surface area contributed by atoms with Gasteiger partial charge in [0.25, 0.3) is 0 Å². The van der Waals surface area contributed by atoms with Gasteiger partial charge in [0.05, 0.1) is 17.3 Å². The first-order chi connectivity index (χ1) is 17.9. The van der Waals surface area contributed by atoms with Gasteiger partial charge in [-0.1, -0.05) is 12.1 Å². The molecule has 0 amide bonds. The molecule has 38 heavy (non-hydrogen) atoms. The molecule has 0 aliphatic carbocycles. The fourth-order valence-electron chi connectivity index (χ4n) is 5.12. The van der Waals surface area contributed by atoms with E-state index in [1.165, 1.54) is 24.3 Å². The number of hydrogen-bond donors (Lipinski definition) is 2. The molecule has 0 spiro atoms. The van der Waals surface area contributed by atoms with E-state index in [0.717, 1.165) is 42.7 Å². The van der Waals surface area contributed by atoms with Crippen molar-refractivity contribution in [1.29, 1.82) is 0 Å². The number of likely N-dealkylation sites (tertiary alicyclic amines) is 2. The van der Waals surface area contributed by atoms with E-state index in [1.54, 1.807) is 6.20 Å². The molecule has 2 aliphatic rings. The number of aliphatic hydroxyl groups excluding tert-OH is 1. The lowest BCUT2D eigenvalue weighted by atomic mass is 9.84. The number of ketones is 1. The van der Waals surface area contributed by atoms with Crippen molar-refractivity contribution in [3.63, 3.8) is 0 Å². The van der Waals surface area contributed by atoms with Gasteiger partial charge in [-0.3, -0.25) is 4.79 Å². The van der Waals surface area contributed by atoms with E-state index in [0.29, 0.717) is 45.6 Å². The normalized spacial score (nSPS) is 20.1. The van der Waals surface area contributed by atoms with Crippen LogP contribution in [-0.4, -0.2) is 70.2 Å². The molecule has 2 fully saturated rings. The minimum Gasteiger partial charge on any atom is -0.389 e. The first-order valence-electron chi connectivity index (χ1n) is 12.7. The summed E-state index contributed by atoms with van der Waals surface area (Å²) < 4.78 is 64.8. The Morgan fingerprint density at radius 3 is 2.21 bits per heavy atom. The van der Waals surface area contributed by atoms with Crippen molar-refractivity contribution in [3.8, 4) is 0 Å². The summed E-state index contributed by atoms with van der Waals surface area (Å²) in [6.45, 7) is 2.44. The number of piperidine rings is 2. The number of carbonyl (C=O) groups excluding carboxylic acids is 1. The van der Waals surface area contributed by atoms with Crippen molar-refractivity contribution < 1.29 is 37.0 Å². The summed E-state index contributed by atoms with van der Waals surface area (Å²) in [4.78, 5) is 16.1. The quantitative estimate of drug-likeness (QED) is 0.303. The maximum Gasteiger partial charge on any atom is 0.416 e. The zero-order valence-corrected chi connectivity index (χ0v) is 20.8. The molecule has 0 saturated carbocycles. The number of allylic oxidation sites excluding steroid dienone is 1. The Labute approximate surface area is 218 Å². The van der Waals surface area contributed by atoms with Crippen molar-refractivity contribution in [2.45, 2.75) is 49.5 Å². The standard InChI is InChI=1S/C28H31F5N2O3/c29-23-6-3-21(17-24(23)30)25(36)9-14-34-15-10-27(38,11-16-34)26(37)18-35-12-7-20(8-13-35)19-1-4-22(5-2-19)28(31,32)33/h1-6,9,14,17,20,26,37-38H,7-8,10-13,15-16,18H2. The largest absolute Gasteiger partial charge is 0.416 e. The Balaban J connectivity index is 1.23. The first-order valence-corrected chi connectivity index (χ1v) is 12.7. The molecule has 0 radical (unpaired) electrons. The number of benzene rings is 2. The summed E-state index contributed by atoms with van der Waals surface area (Å²) in [6, 6.07) is 8.25. The second kappa shape index (κ2) is 11.5. The van der Waals surface area contributed by atoms with Gasteiger partial charge in [-0.15, -0.1) is 0 Å². The van der Waals surface area contributed by atoms with Gasteiger partial charge >= 0.3 is 6.18 Å². The SMILES string of the molecule is O=C(C=CN1CCC(O)(C(O)CN2CCC(c3ccc(C(F)(F)F)cc3)CC2)CC1)c1ccc(F)c(F)c1. The van der Waals surface area contributed by atoms with E-state index in [4.69, 9.17) is 0 Å². The lowest BCUT2D eigenvalue weighted by Crippen LogP contribution is -2.54. The summed E-state index contributed by atoms with van der Waals surface area (Å²) in [5.41, 5.74) is -1.03. The predicted molar refractivity (Wildman–Crippen MR) is 131 cm³/mol. The number of nitrogens with zero attached hydrogens (tertiary/aromatic N) is 2. The summed E-state index contributed by atoms with van der Waals surface area (Å²) in [5, 5.41) is 21.9. The van der Waals surface area contributed by atoms with Crippen LogP contribution in [0.2, 0.25) is 0 Å². The molecule has 206 valence electrons. The average molecular weight is 539 g/mol. The lowest BCUT2D eigenvalue weighted by molar-refractivity contribution is -0.137. The number of carbonyl (C=O) groups is 1. The Bertz CT molecular complexity index is 1140. The second-order valence-corrected chi connectivity index (χ2v) is 10.2. The highest BCUT2D eigenvalue weighted by Crippen LogP contribution is 2.34. The minimum atomic E-state index is -4.35. The number of rotatable bonds is 7. The predicted octanol–water partition coefficient (Wildman–Crippen LogP) is 4.75. The monoisotopic (exact) mass is 538 g/mol. The Morgan fingerprint density at radius 2 is 1.63 bits per heavy atom. The molecule has 5 nitrogen and oxygen atoms in total. The minimum absolute atomic E-state index is 0.0335. The Kier molecular flexibility index (Phi) is 8.54. The van der Waals surface area contributed by atoms with Crippen molar-refractivity contribution in [3.05, 3.63) is 83.1 Å². The molecule has 2 saturated heterocycles. The van der Waals surface area contributed by atoms with Crippen LogP contribution in [0.15, 0.2) is 54.7 Å². The summed E-state index contributed by atoms with van der Waals surface area (Å²) >= 11 is 0. The van der Waals surface area contributed by atoms with E-state index < -0.39 is 40.9 Å². The van der Waals surface area contributed by atoms with Crippen LogP contribution in [0.5, 0.6) is 0 Å². The zero-order chi connectivity index (χ0) is 27.5. The third-order valence-electron chi connectivity index (χ3n) is 7.65. The topological polar surface area (TPSA) is 64.0 Å². The van der Waals surface area contributed by atoms with Gasteiger partial charge in [-0.05, 0) is 80.6 Å². The second-order valence-electron chi connectivity index (χ2n) is 10.2.